The van der Waals surface area contributed by atoms with Crippen LogP contribution in [0.15, 0.2) is 18.6 Å². The van der Waals surface area contributed by atoms with E-state index in [1.807, 2.05) is 30.9 Å². The second-order valence-corrected chi connectivity index (χ2v) is 8.48. The van der Waals surface area contributed by atoms with Gasteiger partial charge in [-0.2, -0.15) is 0 Å². The van der Waals surface area contributed by atoms with Gasteiger partial charge in [0.1, 0.15) is 11.5 Å². The van der Waals surface area contributed by atoms with Crippen LogP contribution in [-0.4, -0.2) is 43.4 Å². The summed E-state index contributed by atoms with van der Waals surface area (Å²) in [6.07, 6.45) is 14.5. The van der Waals surface area contributed by atoms with E-state index in [4.69, 9.17) is 4.98 Å². The zero-order chi connectivity index (χ0) is 19.5. The molecule has 2 aromatic heterocycles. The van der Waals surface area contributed by atoms with Crippen molar-refractivity contribution in [3.63, 3.8) is 0 Å². The Balaban J connectivity index is 1.42. The van der Waals surface area contributed by atoms with Crippen molar-refractivity contribution >= 4 is 5.91 Å². The van der Waals surface area contributed by atoms with Gasteiger partial charge in [0.2, 0.25) is 5.91 Å². The number of aryl methyl sites for hydroxylation is 1. The summed E-state index contributed by atoms with van der Waals surface area (Å²) in [5.74, 6) is 2.10. The fraction of sp³-hybridized carbons (Fsp3) is 0.636. The molecule has 4 rings (SSSR count). The Morgan fingerprint density at radius 3 is 2.68 bits per heavy atom. The third-order valence-electron chi connectivity index (χ3n) is 6.45. The first-order chi connectivity index (χ1) is 13.6. The standard InChI is InChI=1S/C22H31N5O/c1-16-24-14-21(26(16)2)20-13-23-12-19(25-20)11-17-7-6-10-27(15-17)22(28)18-8-4-3-5-9-18/h12-14,17-18H,3-11,15H2,1-2H3. The number of rotatable bonds is 4. The van der Waals surface area contributed by atoms with E-state index in [-0.39, 0.29) is 5.92 Å². The quantitative estimate of drug-likeness (QED) is 0.812. The molecule has 1 saturated heterocycles. The fourth-order valence-corrected chi connectivity index (χ4v) is 4.70. The van der Waals surface area contributed by atoms with Crippen LogP contribution in [-0.2, 0) is 18.3 Å². The van der Waals surface area contributed by atoms with Gasteiger partial charge in [-0.05, 0) is 44.9 Å². The summed E-state index contributed by atoms with van der Waals surface area (Å²) in [7, 11) is 2.00. The summed E-state index contributed by atoms with van der Waals surface area (Å²) >= 11 is 0. The normalized spacial score (nSPS) is 21.1. The number of hydrogen-bond donors (Lipinski definition) is 0. The Hall–Kier alpha value is -2.24. The van der Waals surface area contributed by atoms with Crippen LogP contribution in [0.4, 0.5) is 0 Å². The molecule has 0 N–H and O–H groups in total. The fourth-order valence-electron chi connectivity index (χ4n) is 4.70. The van der Waals surface area contributed by atoms with Gasteiger partial charge in [-0.1, -0.05) is 19.3 Å². The van der Waals surface area contributed by atoms with Crippen LogP contribution in [0.1, 0.15) is 56.5 Å². The van der Waals surface area contributed by atoms with Gasteiger partial charge in [-0.25, -0.2) is 9.97 Å². The second-order valence-electron chi connectivity index (χ2n) is 8.48. The van der Waals surface area contributed by atoms with Gasteiger partial charge < -0.3 is 9.47 Å². The van der Waals surface area contributed by atoms with Crippen LogP contribution >= 0.6 is 0 Å². The van der Waals surface area contributed by atoms with Gasteiger partial charge in [0.05, 0.1) is 23.8 Å². The van der Waals surface area contributed by atoms with E-state index in [9.17, 15) is 4.79 Å². The summed E-state index contributed by atoms with van der Waals surface area (Å²) in [5, 5.41) is 0. The molecule has 1 atom stereocenters. The highest BCUT2D eigenvalue weighted by atomic mass is 16.2. The zero-order valence-electron chi connectivity index (χ0n) is 17.1. The molecule has 1 aliphatic carbocycles. The highest BCUT2D eigenvalue weighted by Crippen LogP contribution is 2.28. The van der Waals surface area contributed by atoms with Gasteiger partial charge in [-0.15, -0.1) is 0 Å². The predicted octanol–water partition coefficient (Wildman–Crippen LogP) is 3.55. The Morgan fingerprint density at radius 2 is 1.93 bits per heavy atom. The van der Waals surface area contributed by atoms with E-state index in [0.717, 1.165) is 68.1 Å². The molecule has 2 aromatic rings. The average Bonchev–Trinajstić information content (AvgIpc) is 3.07. The minimum atomic E-state index is 0.267. The molecule has 0 spiro atoms. The molecule has 3 heterocycles. The minimum absolute atomic E-state index is 0.267. The van der Waals surface area contributed by atoms with Crippen LogP contribution < -0.4 is 0 Å². The lowest BCUT2D eigenvalue weighted by Gasteiger charge is -2.36. The zero-order valence-corrected chi connectivity index (χ0v) is 17.1. The molecule has 1 amide bonds. The maximum Gasteiger partial charge on any atom is 0.225 e. The molecule has 0 aromatic carbocycles. The molecular weight excluding hydrogens is 350 g/mol. The summed E-state index contributed by atoms with van der Waals surface area (Å²) in [6.45, 7) is 3.78. The Bertz CT molecular complexity index is 824. The van der Waals surface area contributed by atoms with Crippen molar-refractivity contribution in [1.29, 1.82) is 0 Å². The Kier molecular flexibility index (Phi) is 5.74. The molecule has 150 valence electrons. The number of likely N-dealkylation sites (tertiary alicyclic amines) is 1. The number of piperidine rings is 1. The first kappa shape index (κ1) is 19.1. The van der Waals surface area contributed by atoms with Crippen LogP contribution in [0.2, 0.25) is 0 Å². The number of carbonyl (C=O) groups excluding carboxylic acids is 1. The lowest BCUT2D eigenvalue weighted by atomic mass is 9.86. The molecule has 0 bridgehead atoms. The van der Waals surface area contributed by atoms with E-state index in [0.29, 0.717) is 11.8 Å². The SMILES string of the molecule is Cc1ncc(-c2cncc(CC3CCCN(C(=O)C4CCCCC4)C3)n2)n1C. The molecule has 2 fully saturated rings. The highest BCUT2D eigenvalue weighted by molar-refractivity contribution is 5.79. The van der Waals surface area contributed by atoms with Crippen molar-refractivity contribution in [2.75, 3.05) is 13.1 Å². The molecule has 1 saturated carbocycles. The van der Waals surface area contributed by atoms with Crippen LogP contribution in [0.3, 0.4) is 0 Å². The van der Waals surface area contributed by atoms with E-state index >= 15 is 0 Å². The first-order valence-electron chi connectivity index (χ1n) is 10.7. The summed E-state index contributed by atoms with van der Waals surface area (Å²) in [4.78, 5) is 28.7. The van der Waals surface area contributed by atoms with E-state index in [1.54, 1.807) is 6.20 Å². The van der Waals surface area contributed by atoms with Crippen LogP contribution in [0.5, 0.6) is 0 Å². The van der Waals surface area contributed by atoms with Gasteiger partial charge in [0.15, 0.2) is 0 Å². The third-order valence-corrected chi connectivity index (χ3v) is 6.45. The van der Waals surface area contributed by atoms with Crippen LogP contribution in [0.25, 0.3) is 11.4 Å². The van der Waals surface area contributed by atoms with Crippen molar-refractivity contribution in [2.45, 2.75) is 58.3 Å². The number of amides is 1. The molecular formula is C22H31N5O. The third kappa shape index (κ3) is 4.10. The minimum Gasteiger partial charge on any atom is -0.342 e. The van der Waals surface area contributed by atoms with Gasteiger partial charge in [0, 0.05) is 32.3 Å². The summed E-state index contributed by atoms with van der Waals surface area (Å²) < 4.78 is 2.04. The summed E-state index contributed by atoms with van der Waals surface area (Å²) in [6, 6.07) is 0. The first-order valence-corrected chi connectivity index (χ1v) is 10.7. The molecule has 6 heteroatoms. The van der Waals surface area contributed by atoms with Gasteiger partial charge >= 0.3 is 0 Å². The van der Waals surface area contributed by atoms with Crippen molar-refractivity contribution < 1.29 is 4.79 Å². The predicted molar refractivity (Wildman–Crippen MR) is 109 cm³/mol. The second kappa shape index (κ2) is 8.41. The molecule has 1 unspecified atom stereocenters. The largest absolute Gasteiger partial charge is 0.342 e. The molecule has 0 radical (unpaired) electrons. The number of imidazole rings is 1. The number of hydrogen-bond acceptors (Lipinski definition) is 4. The number of aromatic nitrogens is 4. The monoisotopic (exact) mass is 381 g/mol. The van der Waals surface area contributed by atoms with Crippen molar-refractivity contribution in [1.82, 2.24) is 24.4 Å². The maximum atomic E-state index is 12.9. The summed E-state index contributed by atoms with van der Waals surface area (Å²) in [5.41, 5.74) is 2.87. The van der Waals surface area contributed by atoms with E-state index in [1.165, 1.54) is 19.3 Å². The van der Waals surface area contributed by atoms with Crippen molar-refractivity contribution in [3.05, 3.63) is 30.1 Å². The molecule has 28 heavy (non-hydrogen) atoms. The topological polar surface area (TPSA) is 63.9 Å². The highest BCUT2D eigenvalue weighted by Gasteiger charge is 2.30. The Morgan fingerprint density at radius 1 is 1.11 bits per heavy atom. The molecule has 2 aliphatic rings. The maximum absolute atomic E-state index is 12.9. The lowest BCUT2D eigenvalue weighted by molar-refractivity contribution is -0.138. The number of carbonyl (C=O) groups is 1. The lowest BCUT2D eigenvalue weighted by Crippen LogP contribution is -2.44. The van der Waals surface area contributed by atoms with E-state index < -0.39 is 0 Å². The number of nitrogens with zero attached hydrogens (tertiary/aromatic N) is 5. The van der Waals surface area contributed by atoms with Crippen LogP contribution in [0, 0.1) is 18.8 Å². The van der Waals surface area contributed by atoms with Gasteiger partial charge in [0.25, 0.3) is 0 Å². The van der Waals surface area contributed by atoms with Crippen molar-refractivity contribution in [3.8, 4) is 11.4 Å². The molecule has 1 aliphatic heterocycles. The molecule has 6 nitrogen and oxygen atoms in total. The van der Waals surface area contributed by atoms with E-state index in [2.05, 4.69) is 14.9 Å². The smallest absolute Gasteiger partial charge is 0.225 e. The average molecular weight is 382 g/mol. The van der Waals surface area contributed by atoms with Crippen molar-refractivity contribution in [2.24, 2.45) is 18.9 Å². The van der Waals surface area contributed by atoms with Gasteiger partial charge in [-0.3, -0.25) is 9.78 Å². The Labute approximate surface area is 167 Å².